The molecule has 3 nitrogen and oxygen atoms in total. The lowest BCUT2D eigenvalue weighted by atomic mass is 9.82. The number of carbonyl (C=O) groups is 1. The summed E-state index contributed by atoms with van der Waals surface area (Å²) in [6.07, 6.45) is 5.77. The zero-order valence-corrected chi connectivity index (χ0v) is 15.0. The minimum atomic E-state index is 0. The van der Waals surface area contributed by atoms with E-state index in [1.165, 1.54) is 22.3 Å². The summed E-state index contributed by atoms with van der Waals surface area (Å²) in [5, 5.41) is 12.9. The molecule has 4 rings (SSSR count). The number of aromatic hydroxyl groups is 1. The zero-order valence-electron chi connectivity index (χ0n) is 14.2. The average Bonchev–Trinajstić information content (AvgIpc) is 2.61. The monoisotopic (exact) mass is 357 g/mol. The first-order valence-electron chi connectivity index (χ1n) is 8.89. The predicted octanol–water partition coefficient (Wildman–Crippen LogP) is 4.11. The largest absolute Gasteiger partial charge is 0.508 e. The number of phenolic OH excluding ortho intramolecular Hbond substituents is 1. The van der Waals surface area contributed by atoms with Crippen LogP contribution in [0.15, 0.2) is 42.5 Å². The summed E-state index contributed by atoms with van der Waals surface area (Å²) >= 11 is 0. The maximum atomic E-state index is 12.8. The van der Waals surface area contributed by atoms with Crippen molar-refractivity contribution < 1.29 is 9.90 Å². The molecular formula is C21H24ClNO2. The Hall–Kier alpha value is -2.00. The van der Waals surface area contributed by atoms with E-state index in [1.54, 1.807) is 6.07 Å². The first-order chi connectivity index (χ1) is 11.7. The highest BCUT2D eigenvalue weighted by Crippen LogP contribution is 2.32. The summed E-state index contributed by atoms with van der Waals surface area (Å²) in [5.41, 5.74) is 5.04. The van der Waals surface area contributed by atoms with Crippen molar-refractivity contribution in [2.75, 3.05) is 0 Å². The first kappa shape index (κ1) is 17.8. The van der Waals surface area contributed by atoms with Gasteiger partial charge in [-0.2, -0.15) is 0 Å². The van der Waals surface area contributed by atoms with Crippen LogP contribution in [0.5, 0.6) is 5.75 Å². The van der Waals surface area contributed by atoms with Crippen LogP contribution >= 0.6 is 12.4 Å². The SMILES string of the molecule is Cl.O=C(N[C@@H]1CCCc2ccccc21)[C@H]1CCc2cc(O)ccc2C1. The van der Waals surface area contributed by atoms with Gasteiger partial charge < -0.3 is 10.4 Å². The van der Waals surface area contributed by atoms with Gasteiger partial charge in [0.15, 0.2) is 0 Å². The van der Waals surface area contributed by atoms with Gasteiger partial charge in [-0.3, -0.25) is 4.79 Å². The molecular weight excluding hydrogens is 334 g/mol. The molecule has 0 bridgehead atoms. The van der Waals surface area contributed by atoms with E-state index in [4.69, 9.17) is 0 Å². The Kier molecular flexibility index (Phi) is 5.33. The van der Waals surface area contributed by atoms with E-state index in [1.807, 2.05) is 12.1 Å². The number of benzene rings is 2. The predicted molar refractivity (Wildman–Crippen MR) is 101 cm³/mol. The van der Waals surface area contributed by atoms with Crippen LogP contribution in [-0.2, 0) is 24.1 Å². The van der Waals surface area contributed by atoms with Crippen LogP contribution < -0.4 is 5.32 Å². The molecule has 0 spiro atoms. The minimum absolute atomic E-state index is 0. The zero-order chi connectivity index (χ0) is 16.5. The maximum Gasteiger partial charge on any atom is 0.223 e. The van der Waals surface area contributed by atoms with Gasteiger partial charge in [-0.15, -0.1) is 12.4 Å². The molecule has 0 saturated carbocycles. The summed E-state index contributed by atoms with van der Waals surface area (Å²) in [7, 11) is 0. The van der Waals surface area contributed by atoms with Crippen molar-refractivity contribution in [1.82, 2.24) is 5.32 Å². The fourth-order valence-corrected chi connectivity index (χ4v) is 4.16. The highest BCUT2D eigenvalue weighted by Gasteiger charge is 2.28. The first-order valence-corrected chi connectivity index (χ1v) is 8.89. The number of hydrogen-bond acceptors (Lipinski definition) is 2. The van der Waals surface area contributed by atoms with Gasteiger partial charge in [-0.25, -0.2) is 0 Å². The molecule has 0 radical (unpaired) electrons. The van der Waals surface area contributed by atoms with Crippen molar-refractivity contribution in [2.45, 2.75) is 44.6 Å². The number of amides is 1. The molecule has 2 aliphatic carbocycles. The molecule has 25 heavy (non-hydrogen) atoms. The molecule has 2 aromatic carbocycles. The standard InChI is InChI=1S/C21H23NO2.ClH/c23-18-11-10-15-12-17(9-8-16(15)13-18)21(24)22-20-7-3-5-14-4-1-2-6-19(14)20;/h1-2,4,6,10-11,13,17,20,23H,3,5,7-9,12H2,(H,22,24);1H/t17-,20+;/m0./s1. The number of carbonyl (C=O) groups excluding carboxylic acids is 1. The molecule has 0 saturated heterocycles. The lowest BCUT2D eigenvalue weighted by molar-refractivity contribution is -0.126. The van der Waals surface area contributed by atoms with Gasteiger partial charge in [0.25, 0.3) is 0 Å². The number of hydrogen-bond donors (Lipinski definition) is 2. The Balaban J connectivity index is 0.00000182. The topological polar surface area (TPSA) is 49.3 Å². The fraction of sp³-hybridized carbons (Fsp3) is 0.381. The quantitative estimate of drug-likeness (QED) is 0.849. The smallest absolute Gasteiger partial charge is 0.223 e. The second-order valence-electron chi connectivity index (χ2n) is 7.04. The van der Waals surface area contributed by atoms with Crippen LogP contribution in [0.25, 0.3) is 0 Å². The number of aryl methyl sites for hydroxylation is 2. The molecule has 2 aromatic rings. The highest BCUT2D eigenvalue weighted by atomic mass is 35.5. The molecule has 0 unspecified atom stereocenters. The third kappa shape index (κ3) is 3.67. The van der Waals surface area contributed by atoms with Crippen molar-refractivity contribution in [3.63, 3.8) is 0 Å². The third-order valence-corrected chi connectivity index (χ3v) is 5.48. The molecule has 1 amide bonds. The number of fused-ring (bicyclic) bond motifs is 2. The van der Waals surface area contributed by atoms with Crippen LogP contribution in [0.3, 0.4) is 0 Å². The van der Waals surface area contributed by atoms with Gasteiger partial charge in [-0.05, 0) is 72.9 Å². The van der Waals surface area contributed by atoms with Crippen molar-refractivity contribution in [3.05, 3.63) is 64.7 Å². The molecule has 2 atom stereocenters. The van der Waals surface area contributed by atoms with Crippen LogP contribution in [0.2, 0.25) is 0 Å². The van der Waals surface area contributed by atoms with E-state index >= 15 is 0 Å². The number of nitrogens with one attached hydrogen (secondary N) is 1. The second kappa shape index (κ2) is 7.49. The highest BCUT2D eigenvalue weighted by molar-refractivity contribution is 5.85. The van der Waals surface area contributed by atoms with E-state index in [0.717, 1.165) is 38.5 Å². The van der Waals surface area contributed by atoms with Gasteiger partial charge in [0.2, 0.25) is 5.91 Å². The molecule has 0 aliphatic heterocycles. The van der Waals surface area contributed by atoms with E-state index < -0.39 is 0 Å². The van der Waals surface area contributed by atoms with Crippen molar-refractivity contribution in [1.29, 1.82) is 0 Å². The van der Waals surface area contributed by atoms with Crippen LogP contribution in [0, 0.1) is 5.92 Å². The third-order valence-electron chi connectivity index (χ3n) is 5.48. The normalized spacial score (nSPS) is 21.4. The molecule has 2 aliphatic rings. The summed E-state index contributed by atoms with van der Waals surface area (Å²) < 4.78 is 0. The maximum absolute atomic E-state index is 12.8. The molecule has 2 N–H and O–H groups in total. The Bertz CT molecular complexity index is 774. The summed E-state index contributed by atoms with van der Waals surface area (Å²) in [6.45, 7) is 0. The Morgan fingerprint density at radius 2 is 1.84 bits per heavy atom. The van der Waals surface area contributed by atoms with Crippen LogP contribution in [0.1, 0.15) is 47.6 Å². The Labute approximate surface area is 154 Å². The molecule has 0 aromatic heterocycles. The second-order valence-corrected chi connectivity index (χ2v) is 7.04. The summed E-state index contributed by atoms with van der Waals surface area (Å²) in [5.74, 6) is 0.530. The summed E-state index contributed by atoms with van der Waals surface area (Å²) in [6, 6.07) is 14.1. The average molecular weight is 358 g/mol. The molecule has 0 heterocycles. The molecule has 4 heteroatoms. The van der Waals surface area contributed by atoms with Crippen LogP contribution in [0.4, 0.5) is 0 Å². The van der Waals surface area contributed by atoms with Gasteiger partial charge in [-0.1, -0.05) is 30.3 Å². The lowest BCUT2D eigenvalue weighted by Gasteiger charge is -2.30. The van der Waals surface area contributed by atoms with E-state index in [0.29, 0.717) is 5.75 Å². The number of rotatable bonds is 2. The van der Waals surface area contributed by atoms with E-state index in [2.05, 4.69) is 29.6 Å². The van der Waals surface area contributed by atoms with Gasteiger partial charge in [0.05, 0.1) is 6.04 Å². The van der Waals surface area contributed by atoms with Crippen molar-refractivity contribution >= 4 is 18.3 Å². The lowest BCUT2D eigenvalue weighted by Crippen LogP contribution is -2.37. The van der Waals surface area contributed by atoms with Gasteiger partial charge >= 0.3 is 0 Å². The van der Waals surface area contributed by atoms with E-state index in [9.17, 15) is 9.90 Å². The van der Waals surface area contributed by atoms with Crippen molar-refractivity contribution in [2.24, 2.45) is 5.92 Å². The van der Waals surface area contributed by atoms with Crippen LogP contribution in [-0.4, -0.2) is 11.0 Å². The number of halogens is 1. The van der Waals surface area contributed by atoms with Gasteiger partial charge in [0, 0.05) is 5.92 Å². The van der Waals surface area contributed by atoms with E-state index in [-0.39, 0.29) is 30.3 Å². The Morgan fingerprint density at radius 1 is 1.00 bits per heavy atom. The van der Waals surface area contributed by atoms with Crippen molar-refractivity contribution in [3.8, 4) is 5.75 Å². The summed E-state index contributed by atoms with van der Waals surface area (Å²) in [4.78, 5) is 12.8. The van der Waals surface area contributed by atoms with Gasteiger partial charge in [0.1, 0.15) is 5.75 Å². The number of phenols is 1. The molecule has 132 valence electrons. The Morgan fingerprint density at radius 3 is 2.72 bits per heavy atom. The molecule has 0 fully saturated rings. The minimum Gasteiger partial charge on any atom is -0.508 e. The fourth-order valence-electron chi connectivity index (χ4n) is 4.16.